The number of ether oxygens (including phenoxy) is 1. The Hall–Kier alpha value is -3.46. The van der Waals surface area contributed by atoms with Crippen LogP contribution in [-0.2, 0) is 14.3 Å². The molecule has 1 aliphatic rings. The summed E-state index contributed by atoms with van der Waals surface area (Å²) in [6.07, 6.45) is 5.28. The van der Waals surface area contributed by atoms with E-state index in [0.29, 0.717) is 16.3 Å². The van der Waals surface area contributed by atoms with E-state index < -0.39 is 12.1 Å². The van der Waals surface area contributed by atoms with E-state index in [1.807, 2.05) is 36.4 Å². The van der Waals surface area contributed by atoms with Gasteiger partial charge in [0.1, 0.15) is 0 Å². The highest BCUT2D eigenvalue weighted by Gasteiger charge is 2.22. The number of hydrogen-bond donors (Lipinski definition) is 3. The van der Waals surface area contributed by atoms with E-state index in [1.54, 1.807) is 19.1 Å². The molecule has 8 nitrogen and oxygen atoms in total. The van der Waals surface area contributed by atoms with Crippen LogP contribution >= 0.6 is 11.3 Å². The molecule has 2 aromatic carbocycles. The van der Waals surface area contributed by atoms with E-state index >= 15 is 0 Å². The van der Waals surface area contributed by atoms with Crippen molar-refractivity contribution in [3.63, 3.8) is 0 Å². The first-order valence-electron chi connectivity index (χ1n) is 12.0. The highest BCUT2D eigenvalue weighted by Crippen LogP contribution is 2.30. The Kier molecular flexibility index (Phi) is 8.31. The highest BCUT2D eigenvalue weighted by atomic mass is 32.1. The molecular formula is C26H30N4O4S. The van der Waals surface area contributed by atoms with Crippen LogP contribution in [0, 0.1) is 5.92 Å². The first-order valence-corrected chi connectivity index (χ1v) is 12.8. The summed E-state index contributed by atoms with van der Waals surface area (Å²) in [7, 11) is 0. The molecular weight excluding hydrogens is 464 g/mol. The Bertz CT molecular complexity index is 1170. The van der Waals surface area contributed by atoms with Gasteiger partial charge in [0.25, 0.3) is 0 Å². The maximum Gasteiger partial charge on any atom is 0.319 e. The van der Waals surface area contributed by atoms with Gasteiger partial charge in [-0.25, -0.2) is 9.78 Å². The Morgan fingerprint density at radius 3 is 2.57 bits per heavy atom. The number of amides is 3. The Morgan fingerprint density at radius 1 is 1.06 bits per heavy atom. The number of thiazole rings is 1. The summed E-state index contributed by atoms with van der Waals surface area (Å²) < 4.78 is 5.98. The molecule has 1 saturated carbocycles. The zero-order valence-corrected chi connectivity index (χ0v) is 20.5. The molecule has 3 N–H and O–H groups in total. The zero-order chi connectivity index (χ0) is 24.6. The Labute approximate surface area is 208 Å². The molecule has 0 radical (unpaired) electrons. The largest absolute Gasteiger partial charge is 0.466 e. The van der Waals surface area contributed by atoms with Crippen LogP contribution in [0.4, 0.5) is 15.6 Å². The molecule has 3 aromatic rings. The lowest BCUT2D eigenvalue weighted by Gasteiger charge is -2.19. The van der Waals surface area contributed by atoms with Crippen molar-refractivity contribution in [1.29, 1.82) is 0 Å². The maximum atomic E-state index is 12.7. The van der Waals surface area contributed by atoms with Gasteiger partial charge in [-0.2, -0.15) is 0 Å². The summed E-state index contributed by atoms with van der Waals surface area (Å²) in [6.45, 7) is 2.03. The highest BCUT2D eigenvalue weighted by molar-refractivity contribution is 7.22. The van der Waals surface area contributed by atoms with E-state index in [4.69, 9.17) is 4.74 Å². The lowest BCUT2D eigenvalue weighted by molar-refractivity contribution is -0.143. The van der Waals surface area contributed by atoms with Crippen molar-refractivity contribution in [2.45, 2.75) is 51.5 Å². The number of nitrogens with zero attached hydrogens (tertiary/aromatic N) is 1. The van der Waals surface area contributed by atoms with E-state index in [9.17, 15) is 14.4 Å². The molecule has 35 heavy (non-hydrogen) atoms. The number of nitrogens with one attached hydrogen (secondary N) is 3. The number of urea groups is 1. The van der Waals surface area contributed by atoms with Crippen LogP contribution in [0.1, 0.15) is 57.1 Å². The second-order valence-corrected chi connectivity index (χ2v) is 9.63. The summed E-state index contributed by atoms with van der Waals surface area (Å²) in [6, 6.07) is 13.8. The number of rotatable bonds is 8. The van der Waals surface area contributed by atoms with Crippen molar-refractivity contribution in [3.8, 4) is 0 Å². The quantitative estimate of drug-likeness (QED) is 0.352. The standard InChI is InChI=1S/C26H30N4O4S/c1-2-34-23(31)16-20(17-9-5-3-6-10-17)28-25(33)27-19-13-14-22-21(15-19)29-26(35-22)30-24(32)18-11-7-4-8-12-18/h3,5-6,9-10,13-15,18,20H,2,4,7-8,11-12,16H2,1H3,(H2,27,28,33)(H,29,30,32)/t20-/m0/s1. The number of fused-ring (bicyclic) bond motifs is 1. The van der Waals surface area contributed by atoms with Gasteiger partial charge in [0.05, 0.1) is 29.3 Å². The average molecular weight is 495 g/mol. The van der Waals surface area contributed by atoms with Crippen molar-refractivity contribution in [2.75, 3.05) is 17.2 Å². The predicted octanol–water partition coefficient (Wildman–Crippen LogP) is 5.63. The van der Waals surface area contributed by atoms with Gasteiger partial charge < -0.3 is 20.7 Å². The monoisotopic (exact) mass is 494 g/mol. The lowest BCUT2D eigenvalue weighted by atomic mass is 9.89. The second-order valence-electron chi connectivity index (χ2n) is 8.60. The molecule has 3 amide bonds. The minimum atomic E-state index is -0.528. The molecule has 9 heteroatoms. The minimum Gasteiger partial charge on any atom is -0.466 e. The molecule has 184 valence electrons. The molecule has 0 bridgehead atoms. The van der Waals surface area contributed by atoms with E-state index in [2.05, 4.69) is 20.9 Å². The van der Waals surface area contributed by atoms with Crippen molar-refractivity contribution >= 4 is 50.3 Å². The topological polar surface area (TPSA) is 109 Å². The van der Waals surface area contributed by atoms with Gasteiger partial charge in [0, 0.05) is 11.6 Å². The van der Waals surface area contributed by atoms with Gasteiger partial charge >= 0.3 is 12.0 Å². The Balaban J connectivity index is 1.40. The van der Waals surface area contributed by atoms with Gasteiger partial charge in [-0.15, -0.1) is 0 Å². The maximum absolute atomic E-state index is 12.7. The van der Waals surface area contributed by atoms with Gasteiger partial charge in [-0.1, -0.05) is 60.9 Å². The van der Waals surface area contributed by atoms with E-state index in [1.165, 1.54) is 17.8 Å². The molecule has 4 rings (SSSR count). The van der Waals surface area contributed by atoms with Crippen LogP contribution in [0.3, 0.4) is 0 Å². The number of carbonyl (C=O) groups is 3. The molecule has 0 unspecified atom stereocenters. The fourth-order valence-electron chi connectivity index (χ4n) is 4.28. The first-order chi connectivity index (χ1) is 17.0. The van der Waals surface area contributed by atoms with Crippen molar-refractivity contribution in [2.24, 2.45) is 5.92 Å². The number of hydrogen-bond acceptors (Lipinski definition) is 6. The molecule has 1 aromatic heterocycles. The molecule has 0 aliphatic heterocycles. The van der Waals surface area contributed by atoms with Gasteiger partial charge in [-0.05, 0) is 43.5 Å². The molecule has 0 saturated heterocycles. The predicted molar refractivity (Wildman–Crippen MR) is 137 cm³/mol. The number of anilines is 2. The molecule has 1 fully saturated rings. The minimum absolute atomic E-state index is 0.0282. The van der Waals surface area contributed by atoms with Gasteiger partial charge in [0.15, 0.2) is 5.13 Å². The first kappa shape index (κ1) is 24.7. The summed E-state index contributed by atoms with van der Waals surface area (Å²) in [5.74, 6) is -0.285. The third kappa shape index (κ3) is 6.79. The number of benzene rings is 2. The number of aromatic nitrogens is 1. The SMILES string of the molecule is CCOC(=O)C[C@H](NC(=O)Nc1ccc2sc(NC(=O)C3CCCCC3)nc2c1)c1ccccc1. The van der Waals surface area contributed by atoms with Gasteiger partial charge in [0.2, 0.25) is 5.91 Å². The number of carbonyl (C=O) groups excluding carboxylic acids is 3. The van der Waals surface area contributed by atoms with Crippen LogP contribution in [0.2, 0.25) is 0 Å². The van der Waals surface area contributed by atoms with Crippen LogP contribution in [-0.4, -0.2) is 29.5 Å². The number of esters is 1. The van der Waals surface area contributed by atoms with Crippen LogP contribution < -0.4 is 16.0 Å². The smallest absolute Gasteiger partial charge is 0.319 e. The van der Waals surface area contributed by atoms with E-state index in [0.717, 1.165) is 35.9 Å². The Morgan fingerprint density at radius 2 is 1.83 bits per heavy atom. The summed E-state index contributed by atoms with van der Waals surface area (Å²) in [5.41, 5.74) is 2.07. The van der Waals surface area contributed by atoms with Gasteiger partial charge in [-0.3, -0.25) is 9.59 Å². The fraction of sp³-hybridized carbons (Fsp3) is 0.385. The van der Waals surface area contributed by atoms with Crippen molar-refractivity contribution < 1.29 is 19.1 Å². The second kappa shape index (κ2) is 11.8. The molecule has 0 spiro atoms. The van der Waals surface area contributed by atoms with E-state index in [-0.39, 0.29) is 30.8 Å². The lowest BCUT2D eigenvalue weighted by Crippen LogP contribution is -2.34. The molecule has 1 atom stereocenters. The molecule has 1 heterocycles. The van der Waals surface area contributed by atoms with Crippen molar-refractivity contribution in [3.05, 3.63) is 54.1 Å². The third-order valence-corrected chi connectivity index (χ3v) is 6.99. The summed E-state index contributed by atoms with van der Waals surface area (Å²) in [4.78, 5) is 41.9. The van der Waals surface area contributed by atoms with Crippen molar-refractivity contribution in [1.82, 2.24) is 10.3 Å². The summed E-state index contributed by atoms with van der Waals surface area (Å²) in [5, 5.41) is 9.20. The van der Waals surface area contributed by atoms with Crippen LogP contribution in [0.25, 0.3) is 10.2 Å². The fourth-order valence-corrected chi connectivity index (χ4v) is 5.13. The normalized spacial score (nSPS) is 14.8. The van der Waals surface area contributed by atoms with Crippen LogP contribution in [0.15, 0.2) is 48.5 Å². The van der Waals surface area contributed by atoms with Crippen LogP contribution in [0.5, 0.6) is 0 Å². The average Bonchev–Trinajstić information content (AvgIpc) is 3.26. The zero-order valence-electron chi connectivity index (χ0n) is 19.7. The molecule has 1 aliphatic carbocycles. The summed E-state index contributed by atoms with van der Waals surface area (Å²) >= 11 is 1.41. The third-order valence-electron chi connectivity index (χ3n) is 6.03.